The standard InChI is InChI=1S/C26H31F3N2O2/c1-24-13-11-19-17(7-10-21-25(19,2)14-12-22(32)31-21)18(24)8-9-20(24)23(33)30-16-5-3-15(4-6-16)26(27,28)29/h3-6,12,14,17-21H,7-11,13H2,1-2H3,(H,30,33)(H,31,32)/t17?,18?,19?,20?,21?,24-,25+/m0/s1. The Hall–Kier alpha value is -2.31. The highest BCUT2D eigenvalue weighted by atomic mass is 19.4. The van der Waals surface area contributed by atoms with Crippen molar-refractivity contribution < 1.29 is 22.8 Å². The maximum Gasteiger partial charge on any atom is 0.416 e. The van der Waals surface area contributed by atoms with Crippen LogP contribution in [-0.2, 0) is 15.8 Å². The number of rotatable bonds is 2. The smallest absolute Gasteiger partial charge is 0.349 e. The molecule has 0 radical (unpaired) electrons. The first-order valence-electron chi connectivity index (χ1n) is 12.0. The van der Waals surface area contributed by atoms with E-state index in [1.165, 1.54) is 12.1 Å². The highest BCUT2D eigenvalue weighted by molar-refractivity contribution is 5.93. The Labute approximate surface area is 192 Å². The molecule has 1 aromatic carbocycles. The fraction of sp³-hybridized carbons (Fsp3) is 0.615. The predicted octanol–water partition coefficient (Wildman–Crippen LogP) is 5.56. The SMILES string of the molecule is C[C@]12C=CC(=O)NC1CCC1C2CC[C@]2(C)C(C(=O)Nc3ccc(C(F)(F)F)cc3)CCC12. The highest BCUT2D eigenvalue weighted by Gasteiger charge is 2.60. The number of amides is 2. The lowest BCUT2D eigenvalue weighted by Gasteiger charge is -2.58. The van der Waals surface area contributed by atoms with Gasteiger partial charge in [0.05, 0.1) is 5.56 Å². The monoisotopic (exact) mass is 460 g/mol. The molecule has 1 aliphatic heterocycles. The van der Waals surface area contributed by atoms with Gasteiger partial charge in [0.1, 0.15) is 0 Å². The average Bonchev–Trinajstić information content (AvgIpc) is 3.11. The third kappa shape index (κ3) is 3.58. The van der Waals surface area contributed by atoms with Crippen LogP contribution < -0.4 is 10.6 Å². The number of hydrogen-bond donors (Lipinski definition) is 2. The quantitative estimate of drug-likeness (QED) is 0.607. The van der Waals surface area contributed by atoms with E-state index in [2.05, 4.69) is 30.6 Å². The van der Waals surface area contributed by atoms with Crippen molar-refractivity contribution >= 4 is 17.5 Å². The summed E-state index contributed by atoms with van der Waals surface area (Å²) in [6.45, 7) is 4.52. The first-order chi connectivity index (χ1) is 15.5. The Morgan fingerprint density at radius 3 is 2.45 bits per heavy atom. The molecule has 1 heterocycles. The van der Waals surface area contributed by atoms with Gasteiger partial charge in [0.15, 0.2) is 0 Å². The van der Waals surface area contributed by atoms with Gasteiger partial charge < -0.3 is 10.6 Å². The summed E-state index contributed by atoms with van der Waals surface area (Å²) in [5, 5.41) is 6.05. The second-order valence-corrected chi connectivity index (χ2v) is 11.0. The molecule has 5 unspecified atom stereocenters. The van der Waals surface area contributed by atoms with Gasteiger partial charge in [-0.25, -0.2) is 0 Å². The highest BCUT2D eigenvalue weighted by Crippen LogP contribution is 2.65. The van der Waals surface area contributed by atoms with Gasteiger partial charge in [-0.2, -0.15) is 13.2 Å². The second-order valence-electron chi connectivity index (χ2n) is 11.0. The van der Waals surface area contributed by atoms with Crippen LogP contribution in [-0.4, -0.2) is 17.9 Å². The molecule has 33 heavy (non-hydrogen) atoms. The number of benzene rings is 1. The van der Waals surface area contributed by atoms with Crippen LogP contribution in [0.15, 0.2) is 36.4 Å². The number of fused-ring (bicyclic) bond motifs is 5. The van der Waals surface area contributed by atoms with Crippen molar-refractivity contribution in [1.82, 2.24) is 5.32 Å². The van der Waals surface area contributed by atoms with E-state index in [9.17, 15) is 22.8 Å². The lowest BCUT2D eigenvalue weighted by Crippen LogP contribution is -2.59. The zero-order valence-corrected chi connectivity index (χ0v) is 19.0. The van der Waals surface area contributed by atoms with E-state index in [0.29, 0.717) is 23.4 Å². The van der Waals surface area contributed by atoms with Gasteiger partial charge in [-0.05, 0) is 92.0 Å². The molecule has 7 heteroatoms. The summed E-state index contributed by atoms with van der Waals surface area (Å²) >= 11 is 0. The minimum atomic E-state index is -4.39. The Kier molecular flexibility index (Phi) is 5.18. The number of alkyl halides is 3. The van der Waals surface area contributed by atoms with Crippen molar-refractivity contribution in [2.24, 2.45) is 34.5 Å². The van der Waals surface area contributed by atoms with E-state index in [1.807, 2.05) is 0 Å². The molecular formula is C26H31F3N2O2. The summed E-state index contributed by atoms with van der Waals surface area (Å²) in [6, 6.07) is 4.86. The van der Waals surface area contributed by atoms with Crippen LogP contribution in [0.1, 0.15) is 57.9 Å². The Bertz CT molecular complexity index is 988. The molecule has 0 bridgehead atoms. The van der Waals surface area contributed by atoms with Crippen molar-refractivity contribution in [3.8, 4) is 0 Å². The maximum absolute atomic E-state index is 13.3. The van der Waals surface area contributed by atoms with E-state index < -0.39 is 11.7 Å². The van der Waals surface area contributed by atoms with Gasteiger partial charge in [-0.1, -0.05) is 19.9 Å². The van der Waals surface area contributed by atoms with Gasteiger partial charge in [-0.15, -0.1) is 0 Å². The van der Waals surface area contributed by atoms with E-state index in [4.69, 9.17) is 0 Å². The van der Waals surface area contributed by atoms with Gasteiger partial charge in [0.25, 0.3) is 0 Å². The largest absolute Gasteiger partial charge is 0.416 e. The van der Waals surface area contributed by atoms with E-state index in [-0.39, 0.29) is 34.6 Å². The van der Waals surface area contributed by atoms with Crippen LogP contribution in [0.4, 0.5) is 18.9 Å². The molecule has 0 spiro atoms. The molecule has 0 aromatic heterocycles. The first kappa shape index (κ1) is 22.5. The molecule has 1 aromatic rings. The van der Waals surface area contributed by atoms with E-state index in [0.717, 1.165) is 50.7 Å². The summed E-state index contributed by atoms with van der Waals surface area (Å²) in [5.41, 5.74) is -0.464. The van der Waals surface area contributed by atoms with E-state index in [1.54, 1.807) is 6.08 Å². The maximum atomic E-state index is 13.3. The van der Waals surface area contributed by atoms with E-state index >= 15 is 0 Å². The summed E-state index contributed by atoms with van der Waals surface area (Å²) in [6.07, 6.45) is 5.22. The molecule has 0 saturated heterocycles. The third-order valence-electron chi connectivity index (χ3n) is 9.48. The molecule has 2 N–H and O–H groups in total. The summed E-state index contributed by atoms with van der Waals surface area (Å²) in [4.78, 5) is 25.1. The minimum Gasteiger partial charge on any atom is -0.349 e. The fourth-order valence-electron chi connectivity index (χ4n) is 7.74. The number of nitrogens with one attached hydrogen (secondary N) is 2. The lowest BCUT2D eigenvalue weighted by molar-refractivity contribution is -0.137. The van der Waals surface area contributed by atoms with Crippen molar-refractivity contribution in [2.75, 3.05) is 5.32 Å². The van der Waals surface area contributed by atoms with Crippen LogP contribution >= 0.6 is 0 Å². The molecule has 4 nitrogen and oxygen atoms in total. The number of hydrogen-bond acceptors (Lipinski definition) is 2. The number of halogens is 3. The first-order valence-corrected chi connectivity index (χ1v) is 12.0. The summed E-state index contributed by atoms with van der Waals surface area (Å²) in [5.74, 6) is 1.23. The lowest BCUT2D eigenvalue weighted by atomic mass is 9.48. The summed E-state index contributed by atoms with van der Waals surface area (Å²) < 4.78 is 38.5. The molecule has 4 aliphatic rings. The topological polar surface area (TPSA) is 58.2 Å². The van der Waals surface area contributed by atoms with Crippen LogP contribution in [0, 0.1) is 34.5 Å². The van der Waals surface area contributed by atoms with Crippen LogP contribution in [0.25, 0.3) is 0 Å². The van der Waals surface area contributed by atoms with Crippen LogP contribution in [0.2, 0.25) is 0 Å². The van der Waals surface area contributed by atoms with Crippen LogP contribution in [0.3, 0.4) is 0 Å². The normalized spacial score (nSPS) is 39.8. The Balaban J connectivity index is 1.32. The molecule has 3 aliphatic carbocycles. The van der Waals surface area contributed by atoms with Gasteiger partial charge in [0.2, 0.25) is 11.8 Å². The Morgan fingerprint density at radius 1 is 1.03 bits per heavy atom. The van der Waals surface area contributed by atoms with Crippen molar-refractivity contribution in [2.45, 2.75) is 64.6 Å². The molecule has 7 atom stereocenters. The van der Waals surface area contributed by atoms with Gasteiger partial charge in [-0.3, -0.25) is 9.59 Å². The van der Waals surface area contributed by atoms with Crippen molar-refractivity contribution in [3.63, 3.8) is 0 Å². The summed E-state index contributed by atoms with van der Waals surface area (Å²) in [7, 11) is 0. The molecule has 5 rings (SSSR count). The van der Waals surface area contributed by atoms with Crippen molar-refractivity contribution in [1.29, 1.82) is 0 Å². The molecule has 3 saturated carbocycles. The Morgan fingerprint density at radius 2 is 1.76 bits per heavy atom. The minimum absolute atomic E-state index is 0.00237. The number of carbonyl (C=O) groups is 2. The molecular weight excluding hydrogens is 429 g/mol. The predicted molar refractivity (Wildman–Crippen MR) is 119 cm³/mol. The van der Waals surface area contributed by atoms with Crippen molar-refractivity contribution in [3.05, 3.63) is 42.0 Å². The van der Waals surface area contributed by atoms with Gasteiger partial charge >= 0.3 is 6.18 Å². The fourth-order valence-corrected chi connectivity index (χ4v) is 7.74. The number of anilines is 1. The molecule has 178 valence electrons. The van der Waals surface area contributed by atoms with Crippen LogP contribution in [0.5, 0.6) is 0 Å². The third-order valence-corrected chi connectivity index (χ3v) is 9.48. The zero-order chi connectivity index (χ0) is 23.6. The molecule has 3 fully saturated rings. The zero-order valence-electron chi connectivity index (χ0n) is 19.0. The number of carbonyl (C=O) groups excluding carboxylic acids is 2. The molecule has 2 amide bonds. The van der Waals surface area contributed by atoms with Gasteiger partial charge in [0, 0.05) is 23.1 Å². The average molecular weight is 461 g/mol. The second kappa shape index (κ2) is 7.60.